The molecule has 1 atom stereocenters. The number of amides is 1. The summed E-state index contributed by atoms with van der Waals surface area (Å²) in [4.78, 5) is 11.4. The first-order valence-electron chi connectivity index (χ1n) is 6.78. The van der Waals surface area contributed by atoms with E-state index < -0.39 is 0 Å². The molecular weight excluding hydrogens is 238 g/mol. The number of nitrogens with one attached hydrogen (secondary N) is 2. The smallest absolute Gasteiger partial charge is 0.228 e. The number of hydrogen-bond acceptors (Lipinski definition) is 3. The first kappa shape index (κ1) is 14.0. The molecule has 1 heterocycles. The van der Waals surface area contributed by atoms with Gasteiger partial charge in [0.25, 0.3) is 0 Å². The molecule has 0 saturated heterocycles. The summed E-state index contributed by atoms with van der Waals surface area (Å²) in [6, 6.07) is 6.40. The molecule has 0 radical (unpaired) electrons. The predicted molar refractivity (Wildman–Crippen MR) is 78.3 cm³/mol. The molecule has 0 saturated carbocycles. The summed E-state index contributed by atoms with van der Waals surface area (Å²) in [5.41, 5.74) is 9.07. The van der Waals surface area contributed by atoms with Gasteiger partial charge in [0.05, 0.1) is 6.42 Å². The molecule has 1 aromatic rings. The topological polar surface area (TPSA) is 67.1 Å². The quantitative estimate of drug-likeness (QED) is 0.750. The number of benzene rings is 1. The summed E-state index contributed by atoms with van der Waals surface area (Å²) in [6.07, 6.45) is 0.493. The van der Waals surface area contributed by atoms with Crippen LogP contribution in [0.5, 0.6) is 0 Å². The Balaban J connectivity index is 2.08. The number of rotatable bonds is 5. The fourth-order valence-electron chi connectivity index (χ4n) is 2.36. The maximum Gasteiger partial charge on any atom is 0.228 e. The first-order chi connectivity index (χ1) is 8.88. The van der Waals surface area contributed by atoms with E-state index >= 15 is 0 Å². The molecule has 0 aliphatic carbocycles. The van der Waals surface area contributed by atoms with Gasteiger partial charge in [0.15, 0.2) is 0 Å². The van der Waals surface area contributed by atoms with Crippen LogP contribution in [0.2, 0.25) is 0 Å². The lowest BCUT2D eigenvalue weighted by atomic mass is 9.83. The summed E-state index contributed by atoms with van der Waals surface area (Å²) >= 11 is 0. The summed E-state index contributed by atoms with van der Waals surface area (Å²) in [5.74, 6) is 0.0834. The molecule has 4 heteroatoms. The molecule has 1 aliphatic rings. The van der Waals surface area contributed by atoms with Gasteiger partial charge in [-0.1, -0.05) is 26.0 Å². The van der Waals surface area contributed by atoms with Crippen molar-refractivity contribution in [3.05, 3.63) is 29.3 Å². The number of carbonyl (C=O) groups is 1. The minimum Gasteiger partial charge on any atom is -0.327 e. The van der Waals surface area contributed by atoms with Crippen LogP contribution in [0, 0.1) is 0 Å². The Kier molecular flexibility index (Phi) is 3.92. The summed E-state index contributed by atoms with van der Waals surface area (Å²) in [6.45, 7) is 8.08. The molecule has 1 unspecified atom stereocenters. The number of fused-ring (bicyclic) bond motifs is 1. The zero-order chi connectivity index (χ0) is 14.0. The van der Waals surface area contributed by atoms with Crippen molar-refractivity contribution in [1.82, 2.24) is 5.32 Å². The molecule has 0 spiro atoms. The zero-order valence-corrected chi connectivity index (χ0v) is 11.9. The second-order valence-corrected chi connectivity index (χ2v) is 6.09. The first-order valence-corrected chi connectivity index (χ1v) is 6.78. The maximum absolute atomic E-state index is 11.4. The minimum absolute atomic E-state index is 0.0234. The summed E-state index contributed by atoms with van der Waals surface area (Å²) in [7, 11) is 0. The Hall–Kier alpha value is -1.39. The Bertz CT molecular complexity index is 480. The van der Waals surface area contributed by atoms with Gasteiger partial charge < -0.3 is 16.4 Å². The van der Waals surface area contributed by atoms with Gasteiger partial charge in [-0.3, -0.25) is 4.79 Å². The van der Waals surface area contributed by atoms with Crippen molar-refractivity contribution in [3.8, 4) is 0 Å². The van der Waals surface area contributed by atoms with E-state index in [0.717, 1.165) is 24.3 Å². The van der Waals surface area contributed by atoms with Crippen LogP contribution in [0.3, 0.4) is 0 Å². The molecule has 1 aliphatic heterocycles. The van der Waals surface area contributed by atoms with E-state index in [2.05, 4.69) is 36.6 Å². The van der Waals surface area contributed by atoms with Crippen molar-refractivity contribution in [2.45, 2.75) is 38.6 Å². The number of anilines is 1. The van der Waals surface area contributed by atoms with E-state index in [1.165, 1.54) is 5.56 Å². The van der Waals surface area contributed by atoms with E-state index in [1.807, 2.05) is 13.0 Å². The number of nitrogens with two attached hydrogens (primary N) is 1. The highest BCUT2D eigenvalue weighted by Crippen LogP contribution is 2.29. The van der Waals surface area contributed by atoms with Crippen molar-refractivity contribution < 1.29 is 4.79 Å². The standard InChI is InChI=1S/C15H23N3O/c1-10(16)8-17-9-15(2,3)12-4-5-13-11(6-12)7-14(19)18-13/h4-6,10,17H,7-9,16H2,1-3H3,(H,18,19). The van der Waals surface area contributed by atoms with Crippen LogP contribution in [0.15, 0.2) is 18.2 Å². The molecule has 1 amide bonds. The van der Waals surface area contributed by atoms with Crippen LogP contribution in [-0.4, -0.2) is 25.0 Å². The largest absolute Gasteiger partial charge is 0.327 e. The third-order valence-corrected chi connectivity index (χ3v) is 3.55. The Morgan fingerprint density at radius 3 is 2.89 bits per heavy atom. The molecule has 0 fully saturated rings. The third kappa shape index (κ3) is 3.33. The molecule has 2 rings (SSSR count). The highest BCUT2D eigenvalue weighted by molar-refractivity contribution is 5.99. The van der Waals surface area contributed by atoms with E-state index in [1.54, 1.807) is 0 Å². The van der Waals surface area contributed by atoms with E-state index in [0.29, 0.717) is 6.42 Å². The molecule has 19 heavy (non-hydrogen) atoms. The summed E-state index contributed by atoms with van der Waals surface area (Å²) < 4.78 is 0. The van der Waals surface area contributed by atoms with E-state index in [-0.39, 0.29) is 17.4 Å². The fraction of sp³-hybridized carbons (Fsp3) is 0.533. The van der Waals surface area contributed by atoms with E-state index in [4.69, 9.17) is 5.73 Å². The lowest BCUT2D eigenvalue weighted by Gasteiger charge is -2.27. The van der Waals surface area contributed by atoms with Crippen LogP contribution < -0.4 is 16.4 Å². The maximum atomic E-state index is 11.4. The van der Waals surface area contributed by atoms with Crippen molar-refractivity contribution >= 4 is 11.6 Å². The van der Waals surface area contributed by atoms with Gasteiger partial charge in [0.2, 0.25) is 5.91 Å². The van der Waals surface area contributed by atoms with Gasteiger partial charge >= 0.3 is 0 Å². The Morgan fingerprint density at radius 1 is 1.47 bits per heavy atom. The van der Waals surface area contributed by atoms with Crippen LogP contribution in [0.1, 0.15) is 31.9 Å². The van der Waals surface area contributed by atoms with Crippen LogP contribution in [0.25, 0.3) is 0 Å². The predicted octanol–water partition coefficient (Wildman–Crippen LogP) is 1.40. The average Bonchev–Trinajstić information content (AvgIpc) is 2.67. The molecule has 0 bridgehead atoms. The Labute approximate surface area is 114 Å². The Morgan fingerprint density at radius 2 is 2.21 bits per heavy atom. The molecular formula is C15H23N3O. The lowest BCUT2D eigenvalue weighted by molar-refractivity contribution is -0.115. The second kappa shape index (κ2) is 5.31. The summed E-state index contributed by atoms with van der Waals surface area (Å²) in [5, 5.41) is 6.26. The molecule has 1 aromatic carbocycles. The van der Waals surface area contributed by atoms with Crippen LogP contribution >= 0.6 is 0 Å². The van der Waals surface area contributed by atoms with Crippen molar-refractivity contribution in [2.75, 3.05) is 18.4 Å². The number of carbonyl (C=O) groups excluding carboxylic acids is 1. The van der Waals surface area contributed by atoms with Crippen LogP contribution in [-0.2, 0) is 16.6 Å². The fourth-order valence-corrected chi connectivity index (χ4v) is 2.36. The van der Waals surface area contributed by atoms with Crippen LogP contribution in [0.4, 0.5) is 5.69 Å². The number of hydrogen-bond donors (Lipinski definition) is 3. The van der Waals surface area contributed by atoms with Gasteiger partial charge in [-0.2, -0.15) is 0 Å². The lowest BCUT2D eigenvalue weighted by Crippen LogP contribution is -2.38. The molecule has 104 valence electrons. The molecule has 0 aromatic heterocycles. The third-order valence-electron chi connectivity index (χ3n) is 3.55. The normalized spacial score (nSPS) is 16.1. The van der Waals surface area contributed by atoms with Crippen molar-refractivity contribution in [1.29, 1.82) is 0 Å². The molecule has 4 N–H and O–H groups in total. The zero-order valence-electron chi connectivity index (χ0n) is 11.9. The average molecular weight is 261 g/mol. The van der Waals surface area contributed by atoms with Gasteiger partial charge in [0.1, 0.15) is 0 Å². The van der Waals surface area contributed by atoms with Crippen molar-refractivity contribution in [3.63, 3.8) is 0 Å². The SMILES string of the molecule is CC(N)CNCC(C)(C)c1ccc2c(c1)CC(=O)N2. The minimum atomic E-state index is 0.0234. The van der Waals surface area contributed by atoms with Gasteiger partial charge in [-0.05, 0) is 24.1 Å². The van der Waals surface area contributed by atoms with Gasteiger partial charge in [-0.25, -0.2) is 0 Å². The molecule has 4 nitrogen and oxygen atoms in total. The van der Waals surface area contributed by atoms with Gasteiger partial charge in [-0.15, -0.1) is 0 Å². The second-order valence-electron chi connectivity index (χ2n) is 6.09. The highest BCUT2D eigenvalue weighted by Gasteiger charge is 2.24. The monoisotopic (exact) mass is 261 g/mol. The van der Waals surface area contributed by atoms with Gasteiger partial charge in [0, 0.05) is 30.2 Å². The van der Waals surface area contributed by atoms with E-state index in [9.17, 15) is 4.79 Å². The highest BCUT2D eigenvalue weighted by atomic mass is 16.1. The van der Waals surface area contributed by atoms with Crippen molar-refractivity contribution in [2.24, 2.45) is 5.73 Å².